The van der Waals surface area contributed by atoms with E-state index in [9.17, 15) is 13.2 Å². The zero-order chi connectivity index (χ0) is 15.4. The highest BCUT2D eigenvalue weighted by Gasteiger charge is 2.20. The Bertz CT molecular complexity index is 634. The average molecular weight is 312 g/mol. The van der Waals surface area contributed by atoms with Crippen LogP contribution < -0.4 is 11.3 Å². The number of hydrogen-bond acceptors (Lipinski definition) is 3. The smallest absolute Gasteiger partial charge is 0.194 e. The number of benzene rings is 2. The predicted molar refractivity (Wildman–Crippen MR) is 78.3 cm³/mol. The summed E-state index contributed by atoms with van der Waals surface area (Å²) in [4.78, 5) is 1.03. The maximum atomic E-state index is 13.8. The second-order valence-electron chi connectivity index (χ2n) is 4.56. The summed E-state index contributed by atoms with van der Waals surface area (Å²) in [5.41, 5.74) is 3.54. The zero-order valence-corrected chi connectivity index (χ0v) is 12.2. The molecule has 1 atom stereocenters. The number of rotatable bonds is 5. The molecule has 0 bridgehead atoms. The van der Waals surface area contributed by atoms with Crippen LogP contribution in [0, 0.1) is 24.4 Å². The molecule has 2 aromatic rings. The van der Waals surface area contributed by atoms with Crippen molar-refractivity contribution in [3.05, 3.63) is 65.0 Å². The van der Waals surface area contributed by atoms with E-state index in [0.29, 0.717) is 5.75 Å². The highest BCUT2D eigenvalue weighted by atomic mass is 32.2. The van der Waals surface area contributed by atoms with Crippen LogP contribution in [0.2, 0.25) is 0 Å². The van der Waals surface area contributed by atoms with Crippen LogP contribution in [0.25, 0.3) is 0 Å². The van der Waals surface area contributed by atoms with E-state index in [-0.39, 0.29) is 5.56 Å². The van der Waals surface area contributed by atoms with E-state index < -0.39 is 23.5 Å². The molecule has 2 nitrogen and oxygen atoms in total. The van der Waals surface area contributed by atoms with Crippen molar-refractivity contribution in [3.8, 4) is 0 Å². The summed E-state index contributed by atoms with van der Waals surface area (Å²) < 4.78 is 40.0. The van der Waals surface area contributed by atoms with Crippen LogP contribution in [0.15, 0.2) is 41.3 Å². The Hall–Kier alpha value is -1.50. The Kier molecular flexibility index (Phi) is 5.27. The fourth-order valence-corrected chi connectivity index (χ4v) is 3.02. The van der Waals surface area contributed by atoms with E-state index in [0.717, 1.165) is 16.5 Å². The van der Waals surface area contributed by atoms with E-state index in [4.69, 9.17) is 5.84 Å². The SMILES string of the molecule is Cc1ccccc1SCC(NN)c1ccc(F)c(F)c1F. The Labute approximate surface area is 125 Å². The number of aryl methyl sites for hydroxylation is 1. The van der Waals surface area contributed by atoms with Crippen LogP contribution in [-0.4, -0.2) is 5.75 Å². The van der Waals surface area contributed by atoms with Crippen molar-refractivity contribution in [2.75, 3.05) is 5.75 Å². The molecule has 0 spiro atoms. The first-order valence-electron chi connectivity index (χ1n) is 6.32. The van der Waals surface area contributed by atoms with E-state index in [1.54, 1.807) is 0 Å². The molecule has 0 amide bonds. The summed E-state index contributed by atoms with van der Waals surface area (Å²) >= 11 is 1.47. The normalized spacial score (nSPS) is 12.4. The van der Waals surface area contributed by atoms with Crippen LogP contribution in [0.1, 0.15) is 17.2 Å². The molecule has 112 valence electrons. The highest BCUT2D eigenvalue weighted by Crippen LogP contribution is 2.29. The quantitative estimate of drug-likeness (QED) is 0.382. The molecule has 0 aliphatic rings. The largest absolute Gasteiger partial charge is 0.271 e. The molecule has 0 aliphatic heterocycles. The topological polar surface area (TPSA) is 38.0 Å². The van der Waals surface area contributed by atoms with Gasteiger partial charge in [0.2, 0.25) is 0 Å². The van der Waals surface area contributed by atoms with Gasteiger partial charge in [0.15, 0.2) is 17.5 Å². The van der Waals surface area contributed by atoms with Crippen molar-refractivity contribution in [2.45, 2.75) is 17.9 Å². The summed E-state index contributed by atoms with van der Waals surface area (Å²) in [5, 5.41) is 0. The van der Waals surface area contributed by atoms with Gasteiger partial charge in [-0.05, 0) is 24.6 Å². The van der Waals surface area contributed by atoms with E-state index in [2.05, 4.69) is 5.43 Å². The first kappa shape index (κ1) is 15.9. The van der Waals surface area contributed by atoms with Crippen molar-refractivity contribution in [1.29, 1.82) is 0 Å². The van der Waals surface area contributed by atoms with Gasteiger partial charge in [-0.15, -0.1) is 11.8 Å². The summed E-state index contributed by atoms with van der Waals surface area (Å²) in [6.45, 7) is 1.96. The van der Waals surface area contributed by atoms with Gasteiger partial charge in [-0.1, -0.05) is 24.3 Å². The average Bonchev–Trinajstić information content (AvgIpc) is 2.49. The number of nitrogens with two attached hydrogens (primary N) is 1. The molecule has 2 aromatic carbocycles. The lowest BCUT2D eigenvalue weighted by Crippen LogP contribution is -2.30. The third-order valence-corrected chi connectivity index (χ3v) is 4.41. The van der Waals surface area contributed by atoms with Crippen molar-refractivity contribution < 1.29 is 13.2 Å². The van der Waals surface area contributed by atoms with Gasteiger partial charge in [-0.3, -0.25) is 11.3 Å². The lowest BCUT2D eigenvalue weighted by Gasteiger charge is -2.17. The van der Waals surface area contributed by atoms with Gasteiger partial charge in [0.1, 0.15) is 0 Å². The second-order valence-corrected chi connectivity index (χ2v) is 5.62. The Morgan fingerprint density at radius 3 is 2.48 bits per heavy atom. The molecule has 0 saturated carbocycles. The van der Waals surface area contributed by atoms with Crippen LogP contribution >= 0.6 is 11.8 Å². The minimum atomic E-state index is -1.48. The number of nitrogens with one attached hydrogen (secondary N) is 1. The molecule has 2 rings (SSSR count). The highest BCUT2D eigenvalue weighted by molar-refractivity contribution is 7.99. The fourth-order valence-electron chi connectivity index (χ4n) is 1.93. The summed E-state index contributed by atoms with van der Waals surface area (Å²) in [6, 6.07) is 9.21. The summed E-state index contributed by atoms with van der Waals surface area (Å²) in [5.74, 6) is 1.92. The van der Waals surface area contributed by atoms with Gasteiger partial charge in [0, 0.05) is 16.2 Å². The van der Waals surface area contributed by atoms with Gasteiger partial charge in [-0.25, -0.2) is 13.2 Å². The van der Waals surface area contributed by atoms with Crippen LogP contribution in [0.5, 0.6) is 0 Å². The van der Waals surface area contributed by atoms with Gasteiger partial charge < -0.3 is 0 Å². The molecule has 0 aromatic heterocycles. The molecule has 6 heteroatoms. The fraction of sp³-hybridized carbons (Fsp3) is 0.200. The zero-order valence-electron chi connectivity index (χ0n) is 11.4. The van der Waals surface area contributed by atoms with Crippen LogP contribution in [-0.2, 0) is 0 Å². The lowest BCUT2D eigenvalue weighted by atomic mass is 10.1. The van der Waals surface area contributed by atoms with E-state index in [1.807, 2.05) is 31.2 Å². The number of hydrogen-bond donors (Lipinski definition) is 2. The predicted octanol–water partition coefficient (Wildman–Crippen LogP) is 3.71. The number of hydrazine groups is 1. The first-order chi connectivity index (χ1) is 10.0. The molecule has 1 unspecified atom stereocenters. The molecule has 0 fully saturated rings. The molecule has 21 heavy (non-hydrogen) atoms. The summed E-state index contributed by atoms with van der Waals surface area (Å²) in [6.07, 6.45) is 0. The number of thioether (sulfide) groups is 1. The van der Waals surface area contributed by atoms with Gasteiger partial charge in [-0.2, -0.15) is 0 Å². The van der Waals surface area contributed by atoms with Crippen molar-refractivity contribution >= 4 is 11.8 Å². The Balaban J connectivity index is 2.18. The molecule has 0 aliphatic carbocycles. The molecular formula is C15H15F3N2S. The molecule has 0 radical (unpaired) electrons. The van der Waals surface area contributed by atoms with Crippen molar-refractivity contribution in [3.63, 3.8) is 0 Å². The molecule has 0 saturated heterocycles. The van der Waals surface area contributed by atoms with Crippen LogP contribution in [0.3, 0.4) is 0 Å². The van der Waals surface area contributed by atoms with Crippen LogP contribution in [0.4, 0.5) is 13.2 Å². The lowest BCUT2D eigenvalue weighted by molar-refractivity contribution is 0.431. The van der Waals surface area contributed by atoms with Crippen molar-refractivity contribution in [2.24, 2.45) is 5.84 Å². The van der Waals surface area contributed by atoms with Gasteiger partial charge in [0.05, 0.1) is 6.04 Å². The van der Waals surface area contributed by atoms with E-state index in [1.165, 1.54) is 17.8 Å². The Morgan fingerprint density at radius 2 is 1.81 bits per heavy atom. The van der Waals surface area contributed by atoms with Gasteiger partial charge in [0.25, 0.3) is 0 Å². The number of halogens is 3. The minimum absolute atomic E-state index is 0.0116. The van der Waals surface area contributed by atoms with Gasteiger partial charge >= 0.3 is 0 Å². The molecule has 0 heterocycles. The molecule has 3 N–H and O–H groups in total. The maximum Gasteiger partial charge on any atom is 0.194 e. The third kappa shape index (κ3) is 3.58. The monoisotopic (exact) mass is 312 g/mol. The third-order valence-electron chi connectivity index (χ3n) is 3.14. The summed E-state index contributed by atoms with van der Waals surface area (Å²) in [7, 11) is 0. The Morgan fingerprint density at radius 1 is 1.10 bits per heavy atom. The first-order valence-corrected chi connectivity index (χ1v) is 7.31. The minimum Gasteiger partial charge on any atom is -0.271 e. The van der Waals surface area contributed by atoms with Crippen molar-refractivity contribution in [1.82, 2.24) is 5.43 Å². The standard InChI is InChI=1S/C15H15F3N2S/c1-9-4-2-3-5-13(9)21-8-12(20-19)10-6-7-11(16)15(18)14(10)17/h2-7,12,20H,8,19H2,1H3. The maximum absolute atomic E-state index is 13.8. The van der Waals surface area contributed by atoms with E-state index >= 15 is 0 Å². The second kappa shape index (κ2) is 6.98. The molecular weight excluding hydrogens is 297 g/mol.